The fourth-order valence-electron chi connectivity index (χ4n) is 4.60. The second kappa shape index (κ2) is 14.6. The summed E-state index contributed by atoms with van der Waals surface area (Å²) in [5, 5.41) is 13.1. The first kappa shape index (κ1) is 34.0. The number of hydrogen-bond donors (Lipinski definition) is 3. The highest BCUT2D eigenvalue weighted by molar-refractivity contribution is 6.43. The highest BCUT2D eigenvalue weighted by atomic mass is 35.5. The zero-order chi connectivity index (χ0) is 33.8. The van der Waals surface area contributed by atoms with E-state index in [2.05, 4.69) is 26.0 Å². The summed E-state index contributed by atoms with van der Waals surface area (Å²) in [7, 11) is 0. The zero-order valence-corrected chi connectivity index (χ0v) is 28.4. The van der Waals surface area contributed by atoms with Crippen molar-refractivity contribution in [2.24, 2.45) is 15.2 Å². The van der Waals surface area contributed by atoms with E-state index in [1.54, 1.807) is 18.2 Å². The van der Waals surface area contributed by atoms with Gasteiger partial charge in [-0.3, -0.25) is 15.0 Å². The highest BCUT2D eigenvalue weighted by Crippen LogP contribution is 2.39. The second-order valence-corrected chi connectivity index (χ2v) is 12.3. The van der Waals surface area contributed by atoms with E-state index in [0.29, 0.717) is 22.9 Å². The molecular formula is C33H29Cl4N7O3. The Morgan fingerprint density at radius 3 is 2.34 bits per heavy atom. The van der Waals surface area contributed by atoms with Crippen molar-refractivity contribution in [1.82, 2.24) is 5.43 Å². The maximum Gasteiger partial charge on any atom is 0.280 e. The van der Waals surface area contributed by atoms with E-state index in [1.807, 2.05) is 51.1 Å². The molecule has 0 bridgehead atoms. The van der Waals surface area contributed by atoms with Crippen molar-refractivity contribution in [2.75, 3.05) is 16.1 Å². The smallest absolute Gasteiger partial charge is 0.280 e. The number of hydrogen-bond acceptors (Lipinski definition) is 7. The van der Waals surface area contributed by atoms with Gasteiger partial charge < -0.3 is 15.8 Å². The number of ether oxygens (including phenoxy) is 1. The lowest BCUT2D eigenvalue weighted by Gasteiger charge is -2.19. The lowest BCUT2D eigenvalue weighted by Crippen LogP contribution is -2.36. The predicted octanol–water partition coefficient (Wildman–Crippen LogP) is 9.03. The number of aryl methyl sites for hydroxylation is 2. The number of nitrogens with one attached hydrogen (secondary N) is 2. The Labute approximate surface area is 291 Å². The minimum absolute atomic E-state index is 0.0728. The lowest BCUT2D eigenvalue weighted by molar-refractivity contribution is -0.122. The summed E-state index contributed by atoms with van der Waals surface area (Å²) < 4.78 is 5.92. The summed E-state index contributed by atoms with van der Waals surface area (Å²) in [5.74, 6) is -0.309. The number of anilines is 3. The number of hydrazine groups is 1. The molecule has 2 atom stereocenters. The molecule has 0 spiro atoms. The molecule has 14 heteroatoms. The number of amides is 2. The monoisotopic (exact) mass is 711 g/mol. The number of rotatable bonds is 9. The van der Waals surface area contributed by atoms with Crippen LogP contribution >= 0.6 is 46.4 Å². The molecule has 4 aromatic rings. The first-order chi connectivity index (χ1) is 22.4. The molecule has 1 aliphatic heterocycles. The highest BCUT2D eigenvalue weighted by Gasteiger charge is 2.41. The molecule has 1 aliphatic rings. The summed E-state index contributed by atoms with van der Waals surface area (Å²) in [5.41, 5.74) is 12.6. The Kier molecular flexibility index (Phi) is 10.6. The van der Waals surface area contributed by atoms with Crippen LogP contribution in [0.2, 0.25) is 20.1 Å². The molecule has 0 radical (unpaired) electrons. The number of nitrogens with zero attached hydrogens (tertiary/aromatic N) is 4. The van der Waals surface area contributed by atoms with Crippen molar-refractivity contribution < 1.29 is 14.3 Å². The van der Waals surface area contributed by atoms with Crippen LogP contribution in [0.15, 0.2) is 88.0 Å². The van der Waals surface area contributed by atoms with Gasteiger partial charge in [-0.1, -0.05) is 83.2 Å². The first-order valence-electron chi connectivity index (χ1n) is 14.4. The fraction of sp³-hybridized carbons (Fsp3) is 0.182. The molecule has 1 saturated heterocycles. The number of amidine groups is 1. The molecule has 10 nitrogen and oxygen atoms in total. The number of aliphatic imine (C=N–C) groups is 1. The summed E-state index contributed by atoms with van der Waals surface area (Å²) in [4.78, 5) is 31.4. The van der Waals surface area contributed by atoms with Gasteiger partial charge in [-0.2, -0.15) is 10.2 Å². The predicted molar refractivity (Wildman–Crippen MR) is 189 cm³/mol. The van der Waals surface area contributed by atoms with Gasteiger partial charge in [-0.05, 0) is 74.4 Å². The molecule has 47 heavy (non-hydrogen) atoms. The number of carbonyl (C=O) groups is 2. The molecule has 5 rings (SSSR count). The molecule has 0 aliphatic carbocycles. The Balaban J connectivity index is 1.45. The fourth-order valence-corrected chi connectivity index (χ4v) is 5.79. The van der Waals surface area contributed by atoms with Crippen LogP contribution in [0.1, 0.15) is 24.5 Å². The van der Waals surface area contributed by atoms with E-state index in [9.17, 15) is 9.59 Å². The number of carbonyl (C=O) groups excluding carboxylic acids is 2. The molecule has 0 aromatic heterocycles. The molecule has 4 N–H and O–H groups in total. The van der Waals surface area contributed by atoms with Crippen molar-refractivity contribution >= 4 is 92.5 Å². The standard InChI is InChI=1S/C33H29Cl4N7O3/c1-4-28(47-21-7-5-6-18(3)12-21)32(45)40-27-15-22(35)26(16-25(27)38)39-31-29(42-41-20-10-8-17(2)9-11-20)33(46)44(43-31)30-23(36)13-19(34)14-24(30)37/h5-16,28-29H,4,38H2,1-3H3,(H,39,43)(H,40,45). The Morgan fingerprint density at radius 1 is 0.979 bits per heavy atom. The number of azo groups is 1. The first-order valence-corrected chi connectivity index (χ1v) is 15.9. The van der Waals surface area contributed by atoms with Gasteiger partial charge >= 0.3 is 0 Å². The molecule has 0 saturated carbocycles. The third-order valence-corrected chi connectivity index (χ3v) is 8.11. The molecular weight excluding hydrogens is 684 g/mol. The van der Waals surface area contributed by atoms with Crippen molar-refractivity contribution in [3.05, 3.63) is 104 Å². The third kappa shape index (κ3) is 7.97. The van der Waals surface area contributed by atoms with E-state index < -0.39 is 24.0 Å². The average molecular weight is 713 g/mol. The van der Waals surface area contributed by atoms with E-state index in [4.69, 9.17) is 56.9 Å². The van der Waals surface area contributed by atoms with Crippen molar-refractivity contribution in [2.45, 2.75) is 39.3 Å². The van der Waals surface area contributed by atoms with Gasteiger partial charge in [0.15, 0.2) is 11.9 Å². The summed E-state index contributed by atoms with van der Waals surface area (Å²) in [6.07, 6.45) is -0.365. The quantitative estimate of drug-likeness (QED) is 0.118. The summed E-state index contributed by atoms with van der Waals surface area (Å²) in [6.45, 7) is 5.72. The topological polar surface area (TPSA) is 134 Å². The van der Waals surface area contributed by atoms with Crippen molar-refractivity contribution in [3.63, 3.8) is 0 Å². The molecule has 1 fully saturated rings. The van der Waals surface area contributed by atoms with Crippen LogP contribution in [0.4, 0.5) is 28.4 Å². The van der Waals surface area contributed by atoms with Gasteiger partial charge in [0.25, 0.3) is 11.8 Å². The van der Waals surface area contributed by atoms with Gasteiger partial charge in [-0.25, -0.2) is 10.0 Å². The van der Waals surface area contributed by atoms with Gasteiger partial charge in [0, 0.05) is 5.02 Å². The van der Waals surface area contributed by atoms with E-state index in [0.717, 1.165) is 16.1 Å². The van der Waals surface area contributed by atoms with Crippen molar-refractivity contribution in [3.8, 4) is 5.75 Å². The summed E-state index contributed by atoms with van der Waals surface area (Å²) >= 11 is 25.6. The SMILES string of the molecule is CCC(Oc1cccc(C)c1)C(=O)Nc1cc(Cl)c(N=C2NN(c3c(Cl)cc(Cl)cc3Cl)C(=O)C2N=Nc2ccc(C)cc2)cc1N. The maximum absolute atomic E-state index is 13.7. The molecule has 1 heterocycles. The van der Waals surface area contributed by atoms with Gasteiger partial charge in [0.2, 0.25) is 6.04 Å². The summed E-state index contributed by atoms with van der Waals surface area (Å²) in [6, 6.07) is 19.3. The van der Waals surface area contributed by atoms with Crippen molar-refractivity contribution in [1.29, 1.82) is 0 Å². The second-order valence-electron chi connectivity index (χ2n) is 10.7. The zero-order valence-electron chi connectivity index (χ0n) is 25.4. The maximum atomic E-state index is 13.7. The van der Waals surface area contributed by atoms with Crippen LogP contribution in [0.5, 0.6) is 5.75 Å². The normalized spacial score (nSPS) is 16.1. The minimum Gasteiger partial charge on any atom is -0.481 e. The molecule has 2 amide bonds. The Bertz CT molecular complexity index is 1880. The third-order valence-electron chi connectivity index (χ3n) is 7.02. The number of nitrogen functional groups attached to an aromatic ring is 1. The van der Waals surface area contributed by atoms with E-state index in [-0.39, 0.29) is 43.7 Å². The largest absolute Gasteiger partial charge is 0.481 e. The molecule has 242 valence electrons. The van der Waals surface area contributed by atoms with Crippen LogP contribution in [-0.2, 0) is 9.59 Å². The van der Waals surface area contributed by atoms with Crippen LogP contribution in [0.3, 0.4) is 0 Å². The van der Waals surface area contributed by atoms with Crippen LogP contribution < -0.4 is 26.2 Å². The number of nitrogens with two attached hydrogens (primary N) is 1. The Morgan fingerprint density at radius 2 is 1.68 bits per heavy atom. The minimum atomic E-state index is -1.22. The van der Waals surface area contributed by atoms with Gasteiger partial charge in [-0.15, -0.1) is 0 Å². The molecule has 2 unspecified atom stereocenters. The van der Waals surface area contributed by atoms with Crippen LogP contribution in [0, 0.1) is 13.8 Å². The van der Waals surface area contributed by atoms with Crippen LogP contribution in [-0.4, -0.2) is 29.8 Å². The van der Waals surface area contributed by atoms with Gasteiger partial charge in [0.05, 0.1) is 37.8 Å². The van der Waals surface area contributed by atoms with E-state index in [1.165, 1.54) is 24.3 Å². The van der Waals surface area contributed by atoms with E-state index >= 15 is 0 Å². The number of halogens is 4. The molecule has 4 aromatic carbocycles. The van der Waals surface area contributed by atoms with Gasteiger partial charge in [0.1, 0.15) is 11.4 Å². The number of benzene rings is 4. The Hall–Kier alpha value is -4.35. The lowest BCUT2D eigenvalue weighted by atomic mass is 10.2. The van der Waals surface area contributed by atoms with Crippen LogP contribution in [0.25, 0.3) is 0 Å². The average Bonchev–Trinajstić information content (AvgIpc) is 3.31.